The minimum Gasteiger partial charge on any atom is -0.338 e. The first-order valence-electron chi connectivity index (χ1n) is 9.01. The van der Waals surface area contributed by atoms with Crippen molar-refractivity contribution in [2.45, 2.75) is 32.2 Å². The largest absolute Gasteiger partial charge is 0.338 e. The number of carbonyl (C=O) groups excluding carboxylic acids is 1. The van der Waals surface area contributed by atoms with Crippen LogP contribution in [0.4, 0.5) is 0 Å². The predicted octanol–water partition coefficient (Wildman–Crippen LogP) is 3.20. The zero-order valence-electron chi connectivity index (χ0n) is 15.1. The van der Waals surface area contributed by atoms with Gasteiger partial charge in [-0.15, -0.1) is 24.8 Å². The van der Waals surface area contributed by atoms with E-state index < -0.39 is 0 Å². The van der Waals surface area contributed by atoms with Gasteiger partial charge in [-0.3, -0.25) is 9.69 Å². The minimum absolute atomic E-state index is 0. The van der Waals surface area contributed by atoms with Gasteiger partial charge in [-0.2, -0.15) is 0 Å². The Hall–Kier alpha value is -0.810. The summed E-state index contributed by atoms with van der Waals surface area (Å²) in [6, 6.07) is 8.25. The van der Waals surface area contributed by atoms with E-state index in [0.717, 1.165) is 38.2 Å². The van der Waals surface area contributed by atoms with Crippen LogP contribution in [-0.2, 0) is 6.54 Å². The molecule has 1 aromatic rings. The average Bonchev–Trinajstić information content (AvgIpc) is 3.08. The molecule has 1 amide bonds. The highest BCUT2D eigenvalue weighted by Crippen LogP contribution is 2.19. The summed E-state index contributed by atoms with van der Waals surface area (Å²) in [6.07, 6.45) is 4.95. The van der Waals surface area contributed by atoms with E-state index in [1.807, 2.05) is 24.1 Å². The Morgan fingerprint density at radius 2 is 1.92 bits per heavy atom. The van der Waals surface area contributed by atoms with Gasteiger partial charge >= 0.3 is 0 Å². The smallest absolute Gasteiger partial charge is 0.253 e. The van der Waals surface area contributed by atoms with E-state index in [4.69, 9.17) is 0 Å². The monoisotopic (exact) mass is 387 g/mol. The highest BCUT2D eigenvalue weighted by Gasteiger charge is 2.24. The molecule has 0 bridgehead atoms. The molecule has 0 saturated carbocycles. The lowest BCUT2D eigenvalue weighted by atomic mass is 9.97. The summed E-state index contributed by atoms with van der Waals surface area (Å²) < 4.78 is 0. The lowest BCUT2D eigenvalue weighted by molar-refractivity contribution is 0.0674. The Labute approximate surface area is 164 Å². The summed E-state index contributed by atoms with van der Waals surface area (Å²) in [5.74, 6) is 0.791. The van der Waals surface area contributed by atoms with Crippen LogP contribution in [0, 0.1) is 5.92 Å². The molecule has 3 rings (SSSR count). The van der Waals surface area contributed by atoms with Gasteiger partial charge in [0.1, 0.15) is 0 Å². The zero-order valence-corrected chi connectivity index (χ0v) is 16.7. The zero-order chi connectivity index (χ0) is 16.1. The van der Waals surface area contributed by atoms with Crippen LogP contribution in [0.3, 0.4) is 0 Å². The second kappa shape index (κ2) is 11.0. The molecule has 25 heavy (non-hydrogen) atoms. The number of nitrogens with zero attached hydrogens (tertiary/aromatic N) is 2. The quantitative estimate of drug-likeness (QED) is 0.842. The van der Waals surface area contributed by atoms with Crippen molar-refractivity contribution in [3.8, 4) is 0 Å². The first kappa shape index (κ1) is 22.2. The number of nitrogens with one attached hydrogen (secondary N) is 1. The van der Waals surface area contributed by atoms with E-state index in [0.29, 0.717) is 5.92 Å². The van der Waals surface area contributed by atoms with Gasteiger partial charge in [-0.05, 0) is 76.0 Å². The molecule has 1 atom stereocenters. The molecule has 2 aliphatic rings. The molecular formula is C19H31Cl2N3O. The summed E-state index contributed by atoms with van der Waals surface area (Å²) in [4.78, 5) is 17.4. The Morgan fingerprint density at radius 3 is 2.64 bits per heavy atom. The van der Waals surface area contributed by atoms with Crippen molar-refractivity contribution in [1.29, 1.82) is 0 Å². The first-order chi connectivity index (χ1) is 11.3. The van der Waals surface area contributed by atoms with Crippen LogP contribution in [0.25, 0.3) is 0 Å². The van der Waals surface area contributed by atoms with Crippen LogP contribution in [0.5, 0.6) is 0 Å². The van der Waals surface area contributed by atoms with Gasteiger partial charge in [0.15, 0.2) is 0 Å². The van der Waals surface area contributed by atoms with Gasteiger partial charge in [0.25, 0.3) is 5.91 Å². The number of amides is 1. The molecule has 4 nitrogen and oxygen atoms in total. The molecule has 2 fully saturated rings. The van der Waals surface area contributed by atoms with Crippen molar-refractivity contribution in [3.05, 3.63) is 35.4 Å². The Balaban J connectivity index is 0.00000156. The molecule has 0 spiro atoms. The Bertz CT molecular complexity index is 533. The second-order valence-corrected chi connectivity index (χ2v) is 7.00. The Kier molecular flexibility index (Phi) is 9.80. The standard InChI is InChI=1S/C19H29N3O.2ClH/c1-20-13-17-7-5-11-22(15-17)19(23)18-8-4-6-16(12-18)14-21-9-2-3-10-21;;/h4,6,8,12,17,20H,2-3,5,7,9-11,13-15H2,1H3;2*1H. The van der Waals surface area contributed by atoms with Crippen molar-refractivity contribution in [2.75, 3.05) is 39.8 Å². The van der Waals surface area contributed by atoms with Gasteiger partial charge in [0.05, 0.1) is 0 Å². The molecular weight excluding hydrogens is 357 g/mol. The van der Waals surface area contributed by atoms with Crippen molar-refractivity contribution >= 4 is 30.7 Å². The number of likely N-dealkylation sites (tertiary alicyclic amines) is 2. The third-order valence-corrected chi connectivity index (χ3v) is 5.08. The fourth-order valence-electron chi connectivity index (χ4n) is 3.89. The summed E-state index contributed by atoms with van der Waals surface area (Å²) in [5, 5.41) is 3.24. The highest BCUT2D eigenvalue weighted by atomic mass is 35.5. The maximum absolute atomic E-state index is 12.8. The van der Waals surface area contributed by atoms with E-state index in [2.05, 4.69) is 22.3 Å². The van der Waals surface area contributed by atoms with Crippen molar-refractivity contribution in [1.82, 2.24) is 15.1 Å². The molecule has 2 aliphatic heterocycles. The molecule has 2 saturated heterocycles. The lowest BCUT2D eigenvalue weighted by Crippen LogP contribution is -2.42. The van der Waals surface area contributed by atoms with Crippen LogP contribution >= 0.6 is 24.8 Å². The van der Waals surface area contributed by atoms with Crippen LogP contribution in [0.15, 0.2) is 24.3 Å². The van der Waals surface area contributed by atoms with E-state index in [1.54, 1.807) is 0 Å². The van der Waals surface area contributed by atoms with Crippen LogP contribution in [-0.4, -0.2) is 55.5 Å². The SMILES string of the molecule is CNCC1CCCN(C(=O)c2cccc(CN3CCCC3)c2)C1.Cl.Cl. The molecule has 2 heterocycles. The van der Waals surface area contributed by atoms with E-state index in [-0.39, 0.29) is 30.7 Å². The maximum Gasteiger partial charge on any atom is 0.253 e. The summed E-state index contributed by atoms with van der Waals surface area (Å²) >= 11 is 0. The predicted molar refractivity (Wildman–Crippen MR) is 108 cm³/mol. The molecule has 0 radical (unpaired) electrons. The van der Waals surface area contributed by atoms with Crippen LogP contribution < -0.4 is 5.32 Å². The van der Waals surface area contributed by atoms with Gasteiger partial charge in [-0.25, -0.2) is 0 Å². The van der Waals surface area contributed by atoms with Crippen molar-refractivity contribution in [2.24, 2.45) is 5.92 Å². The number of benzene rings is 1. The minimum atomic E-state index is 0. The van der Waals surface area contributed by atoms with Crippen LogP contribution in [0.1, 0.15) is 41.6 Å². The number of piperidine rings is 1. The third kappa shape index (κ3) is 6.14. The molecule has 6 heteroatoms. The van der Waals surface area contributed by atoms with E-state index >= 15 is 0 Å². The number of hydrogen-bond acceptors (Lipinski definition) is 3. The molecule has 1 N–H and O–H groups in total. The first-order valence-corrected chi connectivity index (χ1v) is 9.01. The number of rotatable bonds is 5. The van der Waals surface area contributed by atoms with Gasteiger partial charge in [-0.1, -0.05) is 12.1 Å². The summed E-state index contributed by atoms with van der Waals surface area (Å²) in [5.41, 5.74) is 2.12. The number of halogens is 2. The van der Waals surface area contributed by atoms with Gasteiger partial charge < -0.3 is 10.2 Å². The highest BCUT2D eigenvalue weighted by molar-refractivity contribution is 5.94. The Morgan fingerprint density at radius 1 is 1.16 bits per heavy atom. The van der Waals surface area contributed by atoms with Gasteiger partial charge in [0, 0.05) is 25.2 Å². The van der Waals surface area contributed by atoms with Crippen LogP contribution in [0.2, 0.25) is 0 Å². The summed E-state index contributed by atoms with van der Waals surface area (Å²) in [6.45, 7) is 6.14. The molecule has 142 valence electrons. The van der Waals surface area contributed by atoms with E-state index in [9.17, 15) is 4.79 Å². The molecule has 1 unspecified atom stereocenters. The third-order valence-electron chi connectivity index (χ3n) is 5.08. The summed E-state index contributed by atoms with van der Waals surface area (Å²) in [7, 11) is 1.99. The maximum atomic E-state index is 12.8. The lowest BCUT2D eigenvalue weighted by Gasteiger charge is -2.33. The van der Waals surface area contributed by atoms with Crippen molar-refractivity contribution in [3.63, 3.8) is 0 Å². The molecule has 1 aromatic carbocycles. The van der Waals surface area contributed by atoms with E-state index in [1.165, 1.54) is 37.9 Å². The number of carbonyl (C=O) groups is 1. The average molecular weight is 388 g/mol. The van der Waals surface area contributed by atoms with Crippen molar-refractivity contribution < 1.29 is 4.79 Å². The molecule has 0 aliphatic carbocycles. The molecule has 0 aromatic heterocycles. The second-order valence-electron chi connectivity index (χ2n) is 7.00. The number of hydrogen-bond donors (Lipinski definition) is 1. The fraction of sp³-hybridized carbons (Fsp3) is 0.632. The topological polar surface area (TPSA) is 35.6 Å². The fourth-order valence-corrected chi connectivity index (χ4v) is 3.89. The normalized spacial score (nSPS) is 20.7. The van der Waals surface area contributed by atoms with Gasteiger partial charge in [0.2, 0.25) is 0 Å².